The second kappa shape index (κ2) is 8.40. The fraction of sp³-hybridized carbons (Fsp3) is 0.138. The Balaban J connectivity index is 1.66. The molecule has 0 spiro atoms. The van der Waals surface area contributed by atoms with Gasteiger partial charge in [-0.2, -0.15) is 5.10 Å². The lowest BCUT2D eigenvalue weighted by Gasteiger charge is -2.21. The zero-order valence-electron chi connectivity index (χ0n) is 19.9. The van der Waals surface area contributed by atoms with Crippen molar-refractivity contribution in [2.75, 3.05) is 0 Å². The van der Waals surface area contributed by atoms with Crippen LogP contribution in [0.25, 0.3) is 33.2 Å². The Bertz CT molecular complexity index is 1570. The molecule has 172 valence electrons. The summed E-state index contributed by atoms with van der Waals surface area (Å²) in [6.07, 6.45) is 8.05. The second-order valence-electron chi connectivity index (χ2n) is 8.85. The van der Waals surface area contributed by atoms with Gasteiger partial charge in [0.05, 0.1) is 23.1 Å². The zero-order chi connectivity index (χ0) is 23.9. The van der Waals surface area contributed by atoms with Crippen molar-refractivity contribution < 1.29 is 4.52 Å². The van der Waals surface area contributed by atoms with Gasteiger partial charge in [0.1, 0.15) is 11.8 Å². The van der Waals surface area contributed by atoms with E-state index in [1.807, 2.05) is 56.2 Å². The molecular weight excluding hydrogens is 434 g/mol. The van der Waals surface area contributed by atoms with Crippen LogP contribution in [0.3, 0.4) is 0 Å². The minimum atomic E-state index is -0.0924. The summed E-state index contributed by atoms with van der Waals surface area (Å²) < 4.78 is 9.65. The average Bonchev–Trinajstić information content (AvgIpc) is 3.57. The molecule has 6 nitrogen and oxygen atoms in total. The summed E-state index contributed by atoms with van der Waals surface area (Å²) in [5, 5.41) is 9.76. The van der Waals surface area contributed by atoms with Crippen molar-refractivity contribution in [3.05, 3.63) is 114 Å². The lowest BCUT2D eigenvalue weighted by molar-refractivity contribution is 0.393. The number of aromatic nitrogens is 5. The number of aryl methyl sites for hydroxylation is 3. The van der Waals surface area contributed by atoms with Crippen LogP contribution in [0.5, 0.6) is 0 Å². The Kier molecular flexibility index (Phi) is 5.07. The Morgan fingerprint density at radius 2 is 1.71 bits per heavy atom. The number of nitrogens with zero attached hydrogens (tertiary/aromatic N) is 5. The molecule has 1 atom stereocenters. The molecule has 0 fully saturated rings. The molecule has 0 saturated heterocycles. The molecule has 0 amide bonds. The van der Waals surface area contributed by atoms with Gasteiger partial charge in [0, 0.05) is 47.7 Å². The number of benzene rings is 2. The highest BCUT2D eigenvalue weighted by Gasteiger charge is 2.23. The predicted octanol–water partition coefficient (Wildman–Crippen LogP) is 6.35. The van der Waals surface area contributed by atoms with Gasteiger partial charge >= 0.3 is 0 Å². The normalized spacial score (nSPS) is 12.3. The van der Waals surface area contributed by atoms with E-state index in [9.17, 15) is 0 Å². The van der Waals surface area contributed by atoms with Crippen molar-refractivity contribution in [1.29, 1.82) is 0 Å². The number of rotatable bonds is 5. The lowest BCUT2D eigenvalue weighted by Crippen LogP contribution is -2.12. The molecule has 6 rings (SSSR count). The van der Waals surface area contributed by atoms with Crippen LogP contribution >= 0.6 is 0 Å². The first kappa shape index (κ1) is 21.1. The van der Waals surface area contributed by atoms with E-state index >= 15 is 0 Å². The van der Waals surface area contributed by atoms with E-state index in [-0.39, 0.29) is 6.04 Å². The summed E-state index contributed by atoms with van der Waals surface area (Å²) in [6, 6.07) is 23.1. The van der Waals surface area contributed by atoms with Crippen molar-refractivity contribution in [2.45, 2.75) is 19.9 Å². The predicted molar refractivity (Wildman–Crippen MR) is 137 cm³/mol. The van der Waals surface area contributed by atoms with Crippen molar-refractivity contribution in [3.8, 4) is 22.3 Å². The number of fused-ring (bicyclic) bond motifs is 1. The van der Waals surface area contributed by atoms with Crippen LogP contribution in [0.2, 0.25) is 0 Å². The van der Waals surface area contributed by atoms with E-state index in [0.717, 1.165) is 50.3 Å². The van der Waals surface area contributed by atoms with Gasteiger partial charge in [-0.15, -0.1) is 0 Å². The van der Waals surface area contributed by atoms with E-state index in [4.69, 9.17) is 9.51 Å². The van der Waals surface area contributed by atoms with E-state index in [1.165, 1.54) is 5.56 Å². The van der Waals surface area contributed by atoms with E-state index < -0.39 is 0 Å². The third-order valence-corrected chi connectivity index (χ3v) is 6.53. The van der Waals surface area contributed by atoms with Gasteiger partial charge in [0.15, 0.2) is 0 Å². The van der Waals surface area contributed by atoms with Gasteiger partial charge in [-0.25, -0.2) is 0 Å². The molecular formula is C29H25N5O. The van der Waals surface area contributed by atoms with Crippen molar-refractivity contribution >= 4 is 10.9 Å². The molecule has 0 N–H and O–H groups in total. The Morgan fingerprint density at radius 3 is 2.40 bits per heavy atom. The van der Waals surface area contributed by atoms with Crippen LogP contribution in [0.4, 0.5) is 0 Å². The highest BCUT2D eigenvalue weighted by atomic mass is 16.5. The minimum Gasteiger partial charge on any atom is -0.361 e. The molecule has 35 heavy (non-hydrogen) atoms. The lowest BCUT2D eigenvalue weighted by atomic mass is 10.00. The van der Waals surface area contributed by atoms with Gasteiger partial charge in [-0.05, 0) is 43.2 Å². The third-order valence-electron chi connectivity index (χ3n) is 6.53. The van der Waals surface area contributed by atoms with Gasteiger partial charge in [0.2, 0.25) is 0 Å². The maximum atomic E-state index is 5.48. The minimum absolute atomic E-state index is 0.0924. The van der Waals surface area contributed by atoms with Crippen LogP contribution in [-0.2, 0) is 7.05 Å². The van der Waals surface area contributed by atoms with Gasteiger partial charge in [0.25, 0.3) is 0 Å². The van der Waals surface area contributed by atoms with Crippen molar-refractivity contribution in [3.63, 3.8) is 0 Å². The molecule has 0 saturated carbocycles. The van der Waals surface area contributed by atoms with Crippen molar-refractivity contribution in [1.82, 2.24) is 24.5 Å². The highest BCUT2D eigenvalue weighted by molar-refractivity contribution is 5.98. The molecule has 0 aliphatic carbocycles. The Labute approximate surface area is 203 Å². The maximum Gasteiger partial charge on any atom is 0.141 e. The Morgan fingerprint density at radius 1 is 0.886 bits per heavy atom. The summed E-state index contributed by atoms with van der Waals surface area (Å²) >= 11 is 0. The van der Waals surface area contributed by atoms with Crippen LogP contribution in [0.1, 0.15) is 28.8 Å². The van der Waals surface area contributed by atoms with Gasteiger partial charge in [-0.3, -0.25) is 9.67 Å². The fourth-order valence-corrected chi connectivity index (χ4v) is 4.95. The molecule has 0 radical (unpaired) electrons. The van der Waals surface area contributed by atoms with E-state index in [1.54, 1.807) is 0 Å². The summed E-state index contributed by atoms with van der Waals surface area (Å²) in [5.41, 5.74) is 8.48. The summed E-state index contributed by atoms with van der Waals surface area (Å²) in [6.45, 7) is 3.94. The largest absolute Gasteiger partial charge is 0.361 e. The first-order valence-electron chi connectivity index (χ1n) is 11.6. The molecule has 1 unspecified atom stereocenters. The molecule has 0 aliphatic heterocycles. The van der Waals surface area contributed by atoms with Gasteiger partial charge < -0.3 is 9.09 Å². The van der Waals surface area contributed by atoms with Crippen molar-refractivity contribution in [2.24, 2.45) is 7.05 Å². The molecule has 4 heterocycles. The monoisotopic (exact) mass is 459 g/mol. The van der Waals surface area contributed by atoms with E-state index in [2.05, 4.69) is 75.7 Å². The first-order chi connectivity index (χ1) is 17.1. The molecule has 6 aromatic rings. The smallest absolute Gasteiger partial charge is 0.141 e. The SMILES string of the molecule is Cc1noc(C)c1-c1ccc2c(-c3cnn(C)c3)cn(C(c3ccccc3)c3ccccn3)c2c1. The van der Waals surface area contributed by atoms with Crippen LogP contribution in [0.15, 0.2) is 96.0 Å². The third kappa shape index (κ3) is 3.64. The second-order valence-corrected chi connectivity index (χ2v) is 8.85. The molecule has 0 bridgehead atoms. The summed E-state index contributed by atoms with van der Waals surface area (Å²) in [5.74, 6) is 0.816. The average molecular weight is 460 g/mol. The zero-order valence-corrected chi connectivity index (χ0v) is 19.9. The number of hydrogen-bond acceptors (Lipinski definition) is 4. The van der Waals surface area contributed by atoms with E-state index in [0.29, 0.717) is 0 Å². The van der Waals surface area contributed by atoms with Crippen LogP contribution < -0.4 is 0 Å². The molecule has 0 aliphatic rings. The Hall–Kier alpha value is -4.45. The number of hydrogen-bond donors (Lipinski definition) is 0. The number of pyridine rings is 1. The van der Waals surface area contributed by atoms with Crippen LogP contribution in [0, 0.1) is 13.8 Å². The highest BCUT2D eigenvalue weighted by Crippen LogP contribution is 2.39. The van der Waals surface area contributed by atoms with Crippen LogP contribution in [-0.4, -0.2) is 24.5 Å². The molecule has 2 aromatic carbocycles. The standard InChI is InChI=1S/C29H25N5O/c1-19-28(20(2)35-32-19)22-12-13-24-25(23-16-31-33(3)17-23)18-34(27(24)15-22)29(21-9-5-4-6-10-21)26-11-7-8-14-30-26/h4-18,29H,1-3H3. The quantitative estimate of drug-likeness (QED) is 0.302. The summed E-state index contributed by atoms with van der Waals surface area (Å²) in [4.78, 5) is 4.76. The first-order valence-corrected chi connectivity index (χ1v) is 11.6. The molecule has 4 aromatic heterocycles. The molecule has 6 heteroatoms. The topological polar surface area (TPSA) is 61.7 Å². The fourth-order valence-electron chi connectivity index (χ4n) is 4.95. The summed E-state index contributed by atoms with van der Waals surface area (Å²) in [7, 11) is 1.94. The van der Waals surface area contributed by atoms with Gasteiger partial charge in [-0.1, -0.05) is 53.7 Å². The maximum absolute atomic E-state index is 5.48.